The van der Waals surface area contributed by atoms with Crippen molar-refractivity contribution in [2.24, 2.45) is 17.4 Å². The second-order valence-electron chi connectivity index (χ2n) is 9.68. The van der Waals surface area contributed by atoms with E-state index in [0.29, 0.717) is 32.4 Å². The Labute approximate surface area is 214 Å². The van der Waals surface area contributed by atoms with Crippen molar-refractivity contribution < 1.29 is 29.4 Å². The van der Waals surface area contributed by atoms with Gasteiger partial charge in [-0.1, -0.05) is 38.5 Å². The Kier molecular flexibility index (Phi) is 16.7. The molecule has 0 saturated heterocycles. The SMILES string of the molecule is NCCCCCCCCCC(=O)N[C@@H](CO)C(=O)N[C@@H](CCCCN)C(=O)N[C@H](C(=O)O)C1CCC1. The van der Waals surface area contributed by atoms with Gasteiger partial charge in [-0.2, -0.15) is 0 Å². The number of carboxylic acids is 1. The van der Waals surface area contributed by atoms with Crippen LogP contribution in [0.2, 0.25) is 0 Å². The Hall–Kier alpha value is -2.24. The normalized spacial score (nSPS) is 15.9. The van der Waals surface area contributed by atoms with E-state index in [2.05, 4.69) is 16.0 Å². The maximum absolute atomic E-state index is 12.9. The van der Waals surface area contributed by atoms with Crippen molar-refractivity contribution in [3.63, 3.8) is 0 Å². The molecule has 11 heteroatoms. The van der Waals surface area contributed by atoms with E-state index < -0.39 is 42.5 Å². The molecule has 0 spiro atoms. The number of unbranched alkanes of at least 4 members (excludes halogenated alkanes) is 7. The van der Waals surface area contributed by atoms with Crippen molar-refractivity contribution in [2.45, 2.75) is 108 Å². The molecule has 1 aliphatic carbocycles. The third-order valence-electron chi connectivity index (χ3n) is 6.71. The maximum atomic E-state index is 12.9. The lowest BCUT2D eigenvalue weighted by molar-refractivity contribution is -0.145. The largest absolute Gasteiger partial charge is 0.480 e. The van der Waals surface area contributed by atoms with Gasteiger partial charge in [0.05, 0.1) is 6.61 Å². The van der Waals surface area contributed by atoms with Gasteiger partial charge in [0.25, 0.3) is 0 Å². The lowest BCUT2D eigenvalue weighted by atomic mass is 9.79. The fraction of sp³-hybridized carbons (Fsp3) is 0.840. The predicted octanol–water partition coefficient (Wildman–Crippen LogP) is 0.526. The van der Waals surface area contributed by atoms with E-state index in [0.717, 1.165) is 57.8 Å². The fourth-order valence-corrected chi connectivity index (χ4v) is 4.22. The van der Waals surface area contributed by atoms with E-state index >= 15 is 0 Å². The van der Waals surface area contributed by atoms with Crippen LogP contribution in [0.4, 0.5) is 0 Å². The van der Waals surface area contributed by atoms with E-state index in [4.69, 9.17) is 11.5 Å². The number of carbonyl (C=O) groups is 4. The van der Waals surface area contributed by atoms with E-state index in [-0.39, 0.29) is 24.7 Å². The summed E-state index contributed by atoms with van der Waals surface area (Å²) in [6.45, 7) is 0.517. The van der Waals surface area contributed by atoms with Gasteiger partial charge < -0.3 is 37.6 Å². The van der Waals surface area contributed by atoms with Gasteiger partial charge in [-0.05, 0) is 64.0 Å². The minimum absolute atomic E-state index is 0.123. The molecule has 9 N–H and O–H groups in total. The second kappa shape index (κ2) is 18.9. The summed E-state index contributed by atoms with van der Waals surface area (Å²) in [5, 5.41) is 26.9. The van der Waals surface area contributed by atoms with Crippen LogP contribution in [0.25, 0.3) is 0 Å². The minimum Gasteiger partial charge on any atom is -0.480 e. The summed E-state index contributed by atoms with van der Waals surface area (Å²) in [5.41, 5.74) is 11.0. The highest BCUT2D eigenvalue weighted by molar-refractivity contribution is 5.93. The number of nitrogens with two attached hydrogens (primary N) is 2. The highest BCUT2D eigenvalue weighted by Crippen LogP contribution is 2.29. The molecule has 0 aliphatic heterocycles. The number of nitrogens with one attached hydrogen (secondary N) is 3. The first-order chi connectivity index (χ1) is 17.3. The number of amides is 3. The molecular weight excluding hydrogens is 466 g/mol. The second-order valence-corrected chi connectivity index (χ2v) is 9.68. The number of aliphatic hydroxyl groups is 1. The smallest absolute Gasteiger partial charge is 0.326 e. The molecule has 3 amide bonds. The highest BCUT2D eigenvalue weighted by Gasteiger charge is 2.35. The van der Waals surface area contributed by atoms with Crippen molar-refractivity contribution in [3.05, 3.63) is 0 Å². The first-order valence-corrected chi connectivity index (χ1v) is 13.5. The van der Waals surface area contributed by atoms with Crippen molar-refractivity contribution in [1.29, 1.82) is 0 Å². The molecule has 0 aromatic rings. The van der Waals surface area contributed by atoms with Gasteiger partial charge in [-0.25, -0.2) is 4.79 Å². The van der Waals surface area contributed by atoms with Crippen LogP contribution in [0.5, 0.6) is 0 Å². The van der Waals surface area contributed by atoms with E-state index in [9.17, 15) is 29.4 Å². The molecule has 11 nitrogen and oxygen atoms in total. The zero-order chi connectivity index (χ0) is 26.8. The van der Waals surface area contributed by atoms with Crippen LogP contribution in [0, 0.1) is 5.92 Å². The van der Waals surface area contributed by atoms with Crippen LogP contribution in [-0.4, -0.2) is 71.7 Å². The Morgan fingerprint density at radius 1 is 0.750 bits per heavy atom. The van der Waals surface area contributed by atoms with Crippen molar-refractivity contribution in [3.8, 4) is 0 Å². The van der Waals surface area contributed by atoms with Crippen LogP contribution < -0.4 is 27.4 Å². The number of rotatable bonds is 21. The molecule has 0 bridgehead atoms. The Bertz CT molecular complexity index is 673. The number of carbonyl (C=O) groups excluding carboxylic acids is 3. The zero-order valence-corrected chi connectivity index (χ0v) is 21.5. The lowest BCUT2D eigenvalue weighted by Crippen LogP contribution is -2.58. The van der Waals surface area contributed by atoms with Gasteiger partial charge in [0, 0.05) is 6.42 Å². The third-order valence-corrected chi connectivity index (χ3v) is 6.71. The van der Waals surface area contributed by atoms with Crippen LogP contribution in [-0.2, 0) is 19.2 Å². The monoisotopic (exact) mass is 513 g/mol. The maximum Gasteiger partial charge on any atom is 0.326 e. The number of aliphatic carboxylic acids is 1. The molecule has 3 atom stereocenters. The summed E-state index contributed by atoms with van der Waals surface area (Å²) in [5.74, 6) is -2.84. The van der Waals surface area contributed by atoms with Gasteiger partial charge in [-0.15, -0.1) is 0 Å². The number of hydrogen-bond acceptors (Lipinski definition) is 7. The molecule has 208 valence electrons. The quantitative estimate of drug-likeness (QED) is 0.108. The van der Waals surface area contributed by atoms with Crippen molar-refractivity contribution >= 4 is 23.7 Å². The van der Waals surface area contributed by atoms with E-state index in [1.807, 2.05) is 0 Å². The highest BCUT2D eigenvalue weighted by atomic mass is 16.4. The van der Waals surface area contributed by atoms with Gasteiger partial charge in [0.15, 0.2) is 0 Å². The van der Waals surface area contributed by atoms with Gasteiger partial charge in [0.1, 0.15) is 18.1 Å². The van der Waals surface area contributed by atoms with Crippen LogP contribution in [0.15, 0.2) is 0 Å². The molecule has 36 heavy (non-hydrogen) atoms. The summed E-state index contributed by atoms with van der Waals surface area (Å²) in [4.78, 5) is 49.6. The number of aliphatic hydroxyl groups excluding tert-OH is 1. The fourth-order valence-electron chi connectivity index (χ4n) is 4.22. The van der Waals surface area contributed by atoms with Crippen LogP contribution in [0.3, 0.4) is 0 Å². The molecule has 0 aromatic heterocycles. The molecule has 0 unspecified atom stereocenters. The van der Waals surface area contributed by atoms with E-state index in [1.54, 1.807) is 0 Å². The number of hydrogen-bond donors (Lipinski definition) is 7. The molecule has 1 aliphatic rings. The van der Waals surface area contributed by atoms with Gasteiger partial charge in [-0.3, -0.25) is 14.4 Å². The van der Waals surface area contributed by atoms with Crippen molar-refractivity contribution in [2.75, 3.05) is 19.7 Å². The van der Waals surface area contributed by atoms with Crippen LogP contribution >= 0.6 is 0 Å². The molecule has 1 saturated carbocycles. The summed E-state index contributed by atoms with van der Waals surface area (Å²) in [7, 11) is 0. The Balaban J connectivity index is 2.55. The summed E-state index contributed by atoms with van der Waals surface area (Å²) >= 11 is 0. The zero-order valence-electron chi connectivity index (χ0n) is 21.5. The summed E-state index contributed by atoms with van der Waals surface area (Å²) in [6.07, 6.45) is 11.1. The van der Waals surface area contributed by atoms with Crippen LogP contribution in [0.1, 0.15) is 89.9 Å². The number of carboxylic acid groups (broad SMARTS) is 1. The molecule has 0 radical (unpaired) electrons. The molecule has 0 heterocycles. The predicted molar refractivity (Wildman–Crippen MR) is 137 cm³/mol. The summed E-state index contributed by atoms with van der Waals surface area (Å²) < 4.78 is 0. The first kappa shape index (κ1) is 31.8. The third kappa shape index (κ3) is 12.6. The van der Waals surface area contributed by atoms with Gasteiger partial charge in [0.2, 0.25) is 17.7 Å². The standard InChI is InChI=1S/C25H47N5O6/c26-15-8-5-3-1-2-4-6-14-21(32)28-20(17-31)24(34)29-19(13-7-9-16-27)23(33)30-22(25(35)36)18-11-10-12-18/h18-20,22,31H,1-17,26-27H2,(H,28,32)(H,29,34)(H,30,33)(H,35,36)/t19-,20-,22-/m0/s1. The lowest BCUT2D eigenvalue weighted by Gasteiger charge is -2.32. The Morgan fingerprint density at radius 2 is 1.31 bits per heavy atom. The van der Waals surface area contributed by atoms with E-state index in [1.165, 1.54) is 0 Å². The average Bonchev–Trinajstić information content (AvgIpc) is 2.81. The summed E-state index contributed by atoms with van der Waals surface area (Å²) in [6, 6.07) is -3.19. The topological polar surface area (TPSA) is 197 Å². The molecule has 1 rings (SSSR count). The average molecular weight is 514 g/mol. The van der Waals surface area contributed by atoms with Crippen molar-refractivity contribution in [1.82, 2.24) is 16.0 Å². The minimum atomic E-state index is -1.19. The molecular formula is C25H47N5O6. The van der Waals surface area contributed by atoms with Gasteiger partial charge >= 0.3 is 5.97 Å². The first-order valence-electron chi connectivity index (χ1n) is 13.5. The molecule has 0 aromatic carbocycles. The Morgan fingerprint density at radius 3 is 1.83 bits per heavy atom. The molecule has 1 fully saturated rings.